The predicted octanol–water partition coefficient (Wildman–Crippen LogP) is 0.813. The smallest absolute Gasteiger partial charge is 0.228 e. The second kappa shape index (κ2) is 7.27. The van der Waals surface area contributed by atoms with Crippen molar-refractivity contribution in [3.05, 3.63) is 21.9 Å². The third kappa shape index (κ3) is 4.66. The fraction of sp³-hybridized carbons (Fsp3) is 0.417. The van der Waals surface area contributed by atoms with Crippen LogP contribution in [0.4, 0.5) is 0 Å². The van der Waals surface area contributed by atoms with Gasteiger partial charge in [0.15, 0.2) is 5.25 Å². The van der Waals surface area contributed by atoms with Crippen LogP contribution in [0.25, 0.3) is 0 Å². The third-order valence-corrected chi connectivity index (χ3v) is 5.02. The van der Waals surface area contributed by atoms with E-state index in [1.807, 2.05) is 0 Å². The zero-order chi connectivity index (χ0) is 14.3. The van der Waals surface area contributed by atoms with Crippen molar-refractivity contribution in [2.75, 3.05) is 6.61 Å². The van der Waals surface area contributed by atoms with Crippen LogP contribution in [0.1, 0.15) is 23.1 Å². The highest BCUT2D eigenvalue weighted by atomic mass is 32.2. The van der Waals surface area contributed by atoms with Crippen LogP contribution in [0.3, 0.4) is 0 Å². The number of aliphatic hydroxyl groups excluding tert-OH is 1. The Bertz CT molecular complexity index is 617. The van der Waals surface area contributed by atoms with Crippen molar-refractivity contribution in [2.45, 2.75) is 25.1 Å². The van der Waals surface area contributed by atoms with Gasteiger partial charge in [0.2, 0.25) is 10.0 Å². The van der Waals surface area contributed by atoms with Crippen molar-refractivity contribution in [2.24, 2.45) is 0 Å². The first-order valence-corrected chi connectivity index (χ1v) is 7.96. The largest absolute Gasteiger partial charge is 0.384 e. The van der Waals surface area contributed by atoms with E-state index in [4.69, 9.17) is 10.4 Å². The molecule has 0 fully saturated rings. The Morgan fingerprint density at radius 3 is 2.84 bits per heavy atom. The summed E-state index contributed by atoms with van der Waals surface area (Å²) in [7, 11) is -3.61. The van der Waals surface area contributed by atoms with Gasteiger partial charge in [-0.15, -0.1) is 11.3 Å². The van der Waals surface area contributed by atoms with E-state index in [1.165, 1.54) is 11.3 Å². The van der Waals surface area contributed by atoms with E-state index in [9.17, 15) is 8.42 Å². The molecular weight excluding hydrogens is 284 g/mol. The molecule has 1 atom stereocenters. The molecule has 7 heteroatoms. The molecule has 1 aromatic heterocycles. The van der Waals surface area contributed by atoms with Crippen molar-refractivity contribution in [1.82, 2.24) is 4.72 Å². The topological polar surface area (TPSA) is 90.2 Å². The van der Waals surface area contributed by atoms with Gasteiger partial charge in [-0.25, -0.2) is 13.1 Å². The number of nitrogens with zero attached hydrogens (tertiary/aromatic N) is 1. The molecule has 5 nitrogen and oxygen atoms in total. The van der Waals surface area contributed by atoms with E-state index in [2.05, 4.69) is 16.6 Å². The summed E-state index contributed by atoms with van der Waals surface area (Å²) in [5.74, 6) is 5.27. The molecule has 2 N–H and O–H groups in total. The molecule has 0 aliphatic rings. The van der Waals surface area contributed by atoms with Gasteiger partial charge in [-0.05, 0) is 18.6 Å². The van der Waals surface area contributed by atoms with Crippen LogP contribution in [-0.4, -0.2) is 25.4 Å². The van der Waals surface area contributed by atoms with Crippen LogP contribution in [-0.2, 0) is 16.6 Å². The van der Waals surface area contributed by atoms with Crippen LogP contribution in [0.5, 0.6) is 0 Å². The monoisotopic (exact) mass is 298 g/mol. The van der Waals surface area contributed by atoms with E-state index in [1.54, 1.807) is 25.1 Å². The van der Waals surface area contributed by atoms with E-state index < -0.39 is 15.3 Å². The minimum Gasteiger partial charge on any atom is -0.384 e. The van der Waals surface area contributed by atoms with Gasteiger partial charge < -0.3 is 5.11 Å². The average Bonchev–Trinajstić information content (AvgIpc) is 2.83. The summed E-state index contributed by atoms with van der Waals surface area (Å²) in [6, 6.07) is 5.29. The zero-order valence-corrected chi connectivity index (χ0v) is 12.0. The third-order valence-electron chi connectivity index (χ3n) is 2.29. The molecule has 102 valence electrons. The highest BCUT2D eigenvalue weighted by molar-refractivity contribution is 7.90. The van der Waals surface area contributed by atoms with Gasteiger partial charge in [-0.2, -0.15) is 5.26 Å². The van der Waals surface area contributed by atoms with Crippen LogP contribution in [0, 0.1) is 23.2 Å². The number of rotatable bonds is 5. The predicted molar refractivity (Wildman–Crippen MR) is 73.7 cm³/mol. The first kappa shape index (κ1) is 15.7. The molecule has 1 heterocycles. The number of sulfonamides is 1. The molecule has 0 aliphatic carbocycles. The van der Waals surface area contributed by atoms with Gasteiger partial charge >= 0.3 is 0 Å². The molecule has 0 bridgehead atoms. The highest BCUT2D eigenvalue weighted by Gasteiger charge is 2.22. The molecule has 1 aromatic rings. The molecule has 1 unspecified atom stereocenters. The minimum absolute atomic E-state index is 0.145. The number of aliphatic hydroxyl groups is 1. The second-order valence-electron chi connectivity index (χ2n) is 3.62. The molecule has 19 heavy (non-hydrogen) atoms. The number of hydrogen-bond donors (Lipinski definition) is 2. The Kier molecular flexibility index (Phi) is 6.00. The van der Waals surface area contributed by atoms with Gasteiger partial charge in [0, 0.05) is 11.4 Å². The molecule has 0 radical (unpaired) electrons. The Labute approximate surface area is 116 Å². The number of hydrogen-bond acceptors (Lipinski definition) is 5. The van der Waals surface area contributed by atoms with Crippen LogP contribution in [0.2, 0.25) is 0 Å². The van der Waals surface area contributed by atoms with Crippen LogP contribution < -0.4 is 4.72 Å². The summed E-state index contributed by atoms with van der Waals surface area (Å²) in [6.45, 7) is 1.59. The fourth-order valence-corrected chi connectivity index (χ4v) is 3.37. The van der Waals surface area contributed by atoms with E-state index >= 15 is 0 Å². The van der Waals surface area contributed by atoms with Crippen LogP contribution in [0.15, 0.2) is 12.1 Å². The lowest BCUT2D eigenvalue weighted by Gasteiger charge is -2.08. The Morgan fingerprint density at radius 1 is 1.53 bits per heavy atom. The van der Waals surface area contributed by atoms with Crippen LogP contribution >= 0.6 is 11.3 Å². The van der Waals surface area contributed by atoms with E-state index in [0.29, 0.717) is 0 Å². The number of nitriles is 1. The van der Waals surface area contributed by atoms with Crippen molar-refractivity contribution >= 4 is 21.4 Å². The summed E-state index contributed by atoms with van der Waals surface area (Å²) < 4.78 is 25.9. The lowest BCUT2D eigenvalue weighted by molar-refractivity contribution is 0.350. The highest BCUT2D eigenvalue weighted by Crippen LogP contribution is 2.16. The molecule has 0 saturated carbocycles. The molecule has 0 spiro atoms. The lowest BCUT2D eigenvalue weighted by atomic mass is 10.4. The maximum Gasteiger partial charge on any atom is 0.228 e. The van der Waals surface area contributed by atoms with Gasteiger partial charge in [0.05, 0.1) is 10.9 Å². The van der Waals surface area contributed by atoms with Crippen molar-refractivity contribution < 1.29 is 13.5 Å². The molecule has 0 aromatic carbocycles. The Hall–Kier alpha value is -1.38. The second-order valence-corrected chi connectivity index (χ2v) is 6.73. The van der Waals surface area contributed by atoms with Gasteiger partial charge in [-0.1, -0.05) is 18.8 Å². The minimum atomic E-state index is -3.61. The zero-order valence-electron chi connectivity index (χ0n) is 10.4. The molecule has 1 rings (SSSR count). The van der Waals surface area contributed by atoms with E-state index in [0.717, 1.165) is 9.75 Å². The first-order valence-electron chi connectivity index (χ1n) is 5.60. The van der Waals surface area contributed by atoms with Gasteiger partial charge in [0.1, 0.15) is 6.61 Å². The lowest BCUT2D eigenvalue weighted by Crippen LogP contribution is -2.32. The SMILES string of the molecule is CCC(C#N)S(=O)(=O)NCc1ccc(C#CCO)s1. The fourth-order valence-electron chi connectivity index (χ4n) is 1.32. The summed E-state index contributed by atoms with van der Waals surface area (Å²) in [6.07, 6.45) is 0.253. The maximum atomic E-state index is 11.8. The Morgan fingerprint density at radius 2 is 2.26 bits per heavy atom. The molecule has 0 saturated heterocycles. The number of thiophene rings is 1. The molecule has 0 aliphatic heterocycles. The summed E-state index contributed by atoms with van der Waals surface area (Å²) in [5, 5.41) is 16.3. The normalized spacial score (nSPS) is 12.3. The van der Waals surface area contributed by atoms with Crippen molar-refractivity contribution in [3.8, 4) is 17.9 Å². The average molecular weight is 298 g/mol. The van der Waals surface area contributed by atoms with Gasteiger partial charge in [-0.3, -0.25) is 0 Å². The van der Waals surface area contributed by atoms with Crippen molar-refractivity contribution in [3.63, 3.8) is 0 Å². The molecule has 0 amide bonds. The Balaban J connectivity index is 2.67. The quantitative estimate of drug-likeness (QED) is 0.787. The maximum absolute atomic E-state index is 11.8. The first-order chi connectivity index (χ1) is 9.03. The summed E-state index contributed by atoms with van der Waals surface area (Å²) in [4.78, 5) is 1.56. The van der Waals surface area contributed by atoms with Gasteiger partial charge in [0.25, 0.3) is 0 Å². The summed E-state index contributed by atoms with van der Waals surface area (Å²) in [5.41, 5.74) is 0. The summed E-state index contributed by atoms with van der Waals surface area (Å²) >= 11 is 1.35. The number of nitrogens with one attached hydrogen (secondary N) is 1. The van der Waals surface area contributed by atoms with Crippen molar-refractivity contribution in [1.29, 1.82) is 5.26 Å². The standard InChI is InChI=1S/C12H14N2O3S2/c1-2-12(8-13)19(16,17)14-9-11-6-5-10(18-11)4-3-7-15/h5-6,12,14-15H,2,7,9H2,1H3. The van der Waals surface area contributed by atoms with E-state index in [-0.39, 0.29) is 19.6 Å². The molecular formula is C12H14N2O3S2.